The molecule has 8 heteroatoms. The molecule has 1 fully saturated rings. The Kier molecular flexibility index (Phi) is 7.67. The number of hydrogen-bond donors (Lipinski definition) is 2. The Balaban J connectivity index is 1.59. The maximum Gasteiger partial charge on any atom is 0.261 e. The van der Waals surface area contributed by atoms with E-state index in [1.165, 1.54) is 37.5 Å². The van der Waals surface area contributed by atoms with E-state index in [0.717, 1.165) is 25.7 Å². The summed E-state index contributed by atoms with van der Waals surface area (Å²) >= 11 is 0. The second kappa shape index (κ2) is 10.2. The summed E-state index contributed by atoms with van der Waals surface area (Å²) < 4.78 is 41.3. The highest BCUT2D eigenvalue weighted by Gasteiger charge is 2.18. The maximum absolute atomic E-state index is 13.8. The monoisotopic (exact) mass is 447 g/mol. The van der Waals surface area contributed by atoms with Gasteiger partial charge in [0.05, 0.1) is 4.90 Å². The lowest BCUT2D eigenvalue weighted by Gasteiger charge is -2.29. The number of likely N-dealkylation sites (tertiary alicyclic amines) is 1. The van der Waals surface area contributed by atoms with Crippen LogP contribution in [0.5, 0.6) is 0 Å². The van der Waals surface area contributed by atoms with E-state index in [2.05, 4.69) is 21.9 Å². The predicted molar refractivity (Wildman–Crippen MR) is 120 cm³/mol. The van der Waals surface area contributed by atoms with Gasteiger partial charge in [-0.2, -0.15) is 0 Å². The lowest BCUT2D eigenvalue weighted by molar-refractivity contribution is 0.0942. The number of halogens is 1. The van der Waals surface area contributed by atoms with Crippen LogP contribution in [0.25, 0.3) is 0 Å². The van der Waals surface area contributed by atoms with E-state index >= 15 is 0 Å². The third-order valence-corrected chi connectivity index (χ3v) is 6.84. The fourth-order valence-electron chi connectivity index (χ4n) is 3.70. The van der Waals surface area contributed by atoms with Crippen molar-refractivity contribution in [1.29, 1.82) is 0 Å². The van der Waals surface area contributed by atoms with Crippen molar-refractivity contribution in [2.75, 3.05) is 30.9 Å². The minimum absolute atomic E-state index is 0.169. The molecular weight excluding hydrogens is 417 g/mol. The molecular formula is C23H30FN3O3S. The SMILES string of the molecule is Cc1ccc(S(=O)(=O)Nc2cccc(C(=O)NCC(C)CN3CCCCC3)c2)cc1F. The van der Waals surface area contributed by atoms with Crippen molar-refractivity contribution < 1.29 is 17.6 Å². The van der Waals surface area contributed by atoms with Gasteiger partial charge in [-0.25, -0.2) is 12.8 Å². The van der Waals surface area contributed by atoms with Crippen LogP contribution in [0.1, 0.15) is 42.1 Å². The van der Waals surface area contributed by atoms with Gasteiger partial charge in [0.15, 0.2) is 0 Å². The van der Waals surface area contributed by atoms with Gasteiger partial charge in [-0.3, -0.25) is 9.52 Å². The molecule has 0 spiro atoms. The molecule has 6 nitrogen and oxygen atoms in total. The third-order valence-electron chi connectivity index (χ3n) is 5.46. The number of nitrogens with one attached hydrogen (secondary N) is 2. The zero-order chi connectivity index (χ0) is 22.4. The number of rotatable bonds is 8. The van der Waals surface area contributed by atoms with Crippen LogP contribution in [-0.4, -0.2) is 45.4 Å². The molecule has 168 valence electrons. The normalized spacial score (nSPS) is 16.0. The third kappa shape index (κ3) is 6.51. The molecule has 1 unspecified atom stereocenters. The van der Waals surface area contributed by atoms with E-state index in [9.17, 15) is 17.6 Å². The fraction of sp³-hybridized carbons (Fsp3) is 0.435. The second-order valence-electron chi connectivity index (χ2n) is 8.27. The largest absolute Gasteiger partial charge is 0.352 e. The molecule has 3 rings (SSSR count). The number of carbonyl (C=O) groups excluding carboxylic acids is 1. The van der Waals surface area contributed by atoms with Gasteiger partial charge in [-0.1, -0.05) is 25.5 Å². The van der Waals surface area contributed by atoms with Gasteiger partial charge in [-0.15, -0.1) is 0 Å². The summed E-state index contributed by atoms with van der Waals surface area (Å²) in [4.78, 5) is 14.8. The average Bonchev–Trinajstić information content (AvgIpc) is 2.74. The van der Waals surface area contributed by atoms with Crippen LogP contribution >= 0.6 is 0 Å². The molecule has 2 aromatic carbocycles. The summed E-state index contributed by atoms with van der Waals surface area (Å²) in [6.07, 6.45) is 3.76. The molecule has 2 N–H and O–H groups in total. The van der Waals surface area contributed by atoms with Crippen molar-refractivity contribution in [3.05, 3.63) is 59.4 Å². The molecule has 1 heterocycles. The van der Waals surface area contributed by atoms with Gasteiger partial charge in [0.1, 0.15) is 5.82 Å². The first kappa shape index (κ1) is 23.2. The van der Waals surface area contributed by atoms with Crippen molar-refractivity contribution in [2.24, 2.45) is 5.92 Å². The van der Waals surface area contributed by atoms with E-state index < -0.39 is 15.8 Å². The van der Waals surface area contributed by atoms with Crippen molar-refractivity contribution in [3.8, 4) is 0 Å². The Morgan fingerprint density at radius 1 is 1.13 bits per heavy atom. The maximum atomic E-state index is 13.8. The zero-order valence-corrected chi connectivity index (χ0v) is 18.8. The summed E-state index contributed by atoms with van der Waals surface area (Å²) in [5.74, 6) is -0.525. The highest BCUT2D eigenvalue weighted by atomic mass is 32.2. The number of piperidine rings is 1. The zero-order valence-electron chi connectivity index (χ0n) is 18.0. The van der Waals surface area contributed by atoms with Gasteiger partial charge in [0, 0.05) is 24.3 Å². The smallest absolute Gasteiger partial charge is 0.261 e. The van der Waals surface area contributed by atoms with Crippen LogP contribution in [0.2, 0.25) is 0 Å². The number of anilines is 1. The van der Waals surface area contributed by atoms with Crippen LogP contribution in [0.15, 0.2) is 47.4 Å². The first-order valence-electron chi connectivity index (χ1n) is 10.6. The van der Waals surface area contributed by atoms with Crippen molar-refractivity contribution >= 4 is 21.6 Å². The van der Waals surface area contributed by atoms with Gasteiger partial charge in [0.25, 0.3) is 15.9 Å². The Morgan fingerprint density at radius 2 is 1.87 bits per heavy atom. The predicted octanol–water partition coefficient (Wildman–Crippen LogP) is 3.79. The number of benzene rings is 2. The number of amides is 1. The molecule has 0 aromatic heterocycles. The number of nitrogens with zero attached hydrogens (tertiary/aromatic N) is 1. The average molecular weight is 448 g/mol. The van der Waals surface area contributed by atoms with Crippen LogP contribution in [0, 0.1) is 18.7 Å². The molecule has 0 radical (unpaired) electrons. The number of hydrogen-bond acceptors (Lipinski definition) is 4. The summed E-state index contributed by atoms with van der Waals surface area (Å²) in [5, 5.41) is 2.93. The minimum Gasteiger partial charge on any atom is -0.352 e. The van der Waals surface area contributed by atoms with E-state index in [0.29, 0.717) is 23.6 Å². The minimum atomic E-state index is -3.96. The first-order chi connectivity index (χ1) is 14.7. The van der Waals surface area contributed by atoms with Crippen molar-refractivity contribution in [2.45, 2.75) is 38.0 Å². The summed E-state index contributed by atoms with van der Waals surface area (Å²) in [6.45, 7) is 7.41. The van der Waals surface area contributed by atoms with Crippen LogP contribution in [0.4, 0.5) is 10.1 Å². The molecule has 1 atom stereocenters. The van der Waals surface area contributed by atoms with E-state index in [-0.39, 0.29) is 16.5 Å². The number of sulfonamides is 1. The number of aryl methyl sites for hydroxylation is 1. The van der Waals surface area contributed by atoms with Crippen LogP contribution in [-0.2, 0) is 10.0 Å². The van der Waals surface area contributed by atoms with E-state index in [1.54, 1.807) is 25.1 Å². The molecule has 1 aliphatic rings. The summed E-state index contributed by atoms with van der Waals surface area (Å²) in [5.41, 5.74) is 0.975. The molecule has 31 heavy (non-hydrogen) atoms. The topological polar surface area (TPSA) is 78.5 Å². The van der Waals surface area contributed by atoms with Crippen molar-refractivity contribution in [3.63, 3.8) is 0 Å². The quantitative estimate of drug-likeness (QED) is 0.645. The van der Waals surface area contributed by atoms with Gasteiger partial charge in [0.2, 0.25) is 0 Å². The molecule has 1 aliphatic heterocycles. The standard InChI is InChI=1S/C23H30FN3O3S/c1-17(16-27-11-4-3-5-12-27)15-25-23(28)19-7-6-8-20(13-19)26-31(29,30)21-10-9-18(2)22(24)14-21/h6-10,13-14,17,26H,3-5,11-12,15-16H2,1-2H3,(H,25,28). The Labute approximate surface area is 183 Å². The fourth-order valence-corrected chi connectivity index (χ4v) is 4.76. The van der Waals surface area contributed by atoms with Gasteiger partial charge < -0.3 is 10.2 Å². The Hall–Kier alpha value is -2.45. The van der Waals surface area contributed by atoms with Gasteiger partial charge in [-0.05, 0) is 74.7 Å². The molecule has 0 bridgehead atoms. The first-order valence-corrected chi connectivity index (χ1v) is 12.1. The second-order valence-corrected chi connectivity index (χ2v) is 9.96. The lowest BCUT2D eigenvalue weighted by Crippen LogP contribution is -2.38. The Bertz CT molecular complexity index is 1020. The highest BCUT2D eigenvalue weighted by Crippen LogP contribution is 2.19. The lowest BCUT2D eigenvalue weighted by atomic mass is 10.1. The molecule has 1 saturated heterocycles. The van der Waals surface area contributed by atoms with E-state index in [4.69, 9.17) is 0 Å². The summed E-state index contributed by atoms with van der Waals surface area (Å²) in [6, 6.07) is 10.0. The van der Waals surface area contributed by atoms with Gasteiger partial charge >= 0.3 is 0 Å². The molecule has 2 aromatic rings. The van der Waals surface area contributed by atoms with E-state index in [1.807, 2.05) is 0 Å². The molecule has 1 amide bonds. The van der Waals surface area contributed by atoms with Crippen LogP contribution < -0.4 is 10.0 Å². The van der Waals surface area contributed by atoms with Crippen LogP contribution in [0.3, 0.4) is 0 Å². The number of carbonyl (C=O) groups is 1. The molecule has 0 aliphatic carbocycles. The Morgan fingerprint density at radius 3 is 2.58 bits per heavy atom. The highest BCUT2D eigenvalue weighted by molar-refractivity contribution is 7.92. The summed E-state index contributed by atoms with van der Waals surface area (Å²) in [7, 11) is -3.96. The molecule has 0 saturated carbocycles. The van der Waals surface area contributed by atoms with Crippen molar-refractivity contribution in [1.82, 2.24) is 10.2 Å².